The number of carbonyl (C=O) groups excluding carboxylic acids is 1. The Bertz CT molecular complexity index is 642. The van der Waals surface area contributed by atoms with Crippen molar-refractivity contribution in [1.29, 1.82) is 0 Å². The van der Waals surface area contributed by atoms with Crippen LogP contribution >= 0.6 is 31.9 Å². The van der Waals surface area contributed by atoms with Gasteiger partial charge < -0.3 is 5.32 Å². The van der Waals surface area contributed by atoms with Crippen LogP contribution in [0.2, 0.25) is 0 Å². The van der Waals surface area contributed by atoms with E-state index in [1.54, 1.807) is 6.07 Å². The monoisotopic (exact) mass is 424 g/mol. The molecule has 1 saturated carbocycles. The summed E-state index contributed by atoms with van der Waals surface area (Å²) in [4.78, 5) is 11.6. The molecular formula is C12H14Br2N2O3S. The lowest BCUT2D eigenvalue weighted by Crippen LogP contribution is -2.37. The van der Waals surface area contributed by atoms with E-state index in [-0.39, 0.29) is 23.4 Å². The number of aryl methyl sites for hydroxylation is 1. The third-order valence-corrected chi connectivity index (χ3v) is 6.08. The Balaban J connectivity index is 2.09. The molecule has 0 unspecified atom stereocenters. The summed E-state index contributed by atoms with van der Waals surface area (Å²) >= 11 is 6.54. The molecule has 2 rings (SSSR count). The van der Waals surface area contributed by atoms with Crippen molar-refractivity contribution in [2.45, 2.75) is 30.7 Å². The van der Waals surface area contributed by atoms with Crippen LogP contribution in [-0.4, -0.2) is 26.9 Å². The van der Waals surface area contributed by atoms with Crippen LogP contribution in [0, 0.1) is 6.92 Å². The van der Waals surface area contributed by atoms with Crippen LogP contribution in [0.25, 0.3) is 0 Å². The smallest absolute Gasteiger partial charge is 0.242 e. The molecule has 0 bridgehead atoms. The van der Waals surface area contributed by atoms with E-state index in [0.29, 0.717) is 8.95 Å². The second-order valence-electron chi connectivity index (χ2n) is 4.70. The van der Waals surface area contributed by atoms with E-state index in [9.17, 15) is 13.2 Å². The molecule has 0 spiro atoms. The predicted octanol–water partition coefficient (Wildman–Crippen LogP) is 2.08. The van der Waals surface area contributed by atoms with Gasteiger partial charge in [0.15, 0.2) is 0 Å². The summed E-state index contributed by atoms with van der Waals surface area (Å²) in [6, 6.07) is 3.44. The number of halogens is 2. The van der Waals surface area contributed by atoms with Crippen molar-refractivity contribution in [2.24, 2.45) is 0 Å². The van der Waals surface area contributed by atoms with Crippen molar-refractivity contribution in [3.05, 3.63) is 26.6 Å². The molecule has 0 atom stereocenters. The van der Waals surface area contributed by atoms with E-state index in [1.807, 2.05) is 6.92 Å². The lowest BCUT2D eigenvalue weighted by atomic mass is 10.2. The molecule has 5 nitrogen and oxygen atoms in total. The van der Waals surface area contributed by atoms with Crippen molar-refractivity contribution in [3.63, 3.8) is 0 Å². The Morgan fingerprint density at radius 2 is 1.95 bits per heavy atom. The van der Waals surface area contributed by atoms with Crippen LogP contribution in [0.5, 0.6) is 0 Å². The Morgan fingerprint density at radius 1 is 1.30 bits per heavy atom. The first-order chi connectivity index (χ1) is 9.29. The van der Waals surface area contributed by atoms with Crippen LogP contribution in [0.3, 0.4) is 0 Å². The van der Waals surface area contributed by atoms with Gasteiger partial charge in [0.1, 0.15) is 0 Å². The molecule has 2 N–H and O–H groups in total. The minimum atomic E-state index is -3.73. The highest BCUT2D eigenvalue weighted by atomic mass is 79.9. The zero-order valence-electron chi connectivity index (χ0n) is 10.7. The Kier molecular flexibility index (Phi) is 4.88. The van der Waals surface area contributed by atoms with E-state index in [4.69, 9.17) is 0 Å². The van der Waals surface area contributed by atoms with Crippen molar-refractivity contribution < 1.29 is 13.2 Å². The molecule has 8 heteroatoms. The van der Waals surface area contributed by atoms with Gasteiger partial charge in [-0.3, -0.25) is 4.79 Å². The molecule has 0 radical (unpaired) electrons. The molecule has 20 heavy (non-hydrogen) atoms. The number of carbonyl (C=O) groups is 1. The average molecular weight is 426 g/mol. The fourth-order valence-corrected chi connectivity index (χ4v) is 4.24. The van der Waals surface area contributed by atoms with Gasteiger partial charge in [0.2, 0.25) is 15.9 Å². The number of rotatable bonds is 5. The number of sulfonamides is 1. The third kappa shape index (κ3) is 4.03. The fourth-order valence-electron chi connectivity index (χ4n) is 1.58. The lowest BCUT2D eigenvalue weighted by molar-refractivity contribution is -0.120. The van der Waals surface area contributed by atoms with Gasteiger partial charge in [-0.2, -0.15) is 0 Å². The number of hydrogen-bond acceptors (Lipinski definition) is 3. The minimum absolute atomic E-state index is 0.106. The SMILES string of the molecule is Cc1cc(Br)c(S(=O)(=O)NCC(=O)NC2CC2)cc1Br. The van der Waals surface area contributed by atoms with E-state index in [0.717, 1.165) is 18.4 Å². The zero-order valence-corrected chi connectivity index (χ0v) is 14.7. The topological polar surface area (TPSA) is 75.3 Å². The van der Waals surface area contributed by atoms with Crippen LogP contribution in [0.1, 0.15) is 18.4 Å². The summed E-state index contributed by atoms with van der Waals surface area (Å²) < 4.78 is 27.8. The first-order valence-corrected chi connectivity index (χ1v) is 9.11. The average Bonchev–Trinajstić information content (AvgIpc) is 3.15. The molecule has 0 aliphatic heterocycles. The molecule has 0 heterocycles. The summed E-state index contributed by atoms with van der Waals surface area (Å²) in [7, 11) is -3.73. The Labute approximate surface area is 134 Å². The Hall–Kier alpha value is -0.440. The van der Waals surface area contributed by atoms with Gasteiger partial charge in [0.05, 0.1) is 11.4 Å². The van der Waals surface area contributed by atoms with Crippen molar-refractivity contribution >= 4 is 47.8 Å². The number of amides is 1. The quantitative estimate of drug-likeness (QED) is 0.758. The molecule has 0 saturated heterocycles. The van der Waals surface area contributed by atoms with Gasteiger partial charge in [-0.25, -0.2) is 13.1 Å². The maximum Gasteiger partial charge on any atom is 0.242 e. The van der Waals surface area contributed by atoms with Gasteiger partial charge in [-0.1, -0.05) is 15.9 Å². The minimum Gasteiger partial charge on any atom is -0.352 e. The van der Waals surface area contributed by atoms with E-state index in [1.165, 1.54) is 6.07 Å². The summed E-state index contributed by atoms with van der Waals surface area (Å²) in [5.74, 6) is -0.307. The molecule has 1 aromatic rings. The summed E-state index contributed by atoms with van der Waals surface area (Å²) in [6.07, 6.45) is 1.93. The largest absolute Gasteiger partial charge is 0.352 e. The van der Waals surface area contributed by atoms with Gasteiger partial charge in [0, 0.05) is 15.0 Å². The highest BCUT2D eigenvalue weighted by molar-refractivity contribution is 9.11. The van der Waals surface area contributed by atoms with E-state index in [2.05, 4.69) is 41.9 Å². The third-order valence-electron chi connectivity index (χ3n) is 2.87. The second-order valence-corrected chi connectivity index (χ2v) is 8.14. The summed E-state index contributed by atoms with van der Waals surface area (Å²) in [6.45, 7) is 1.61. The first kappa shape index (κ1) is 15.9. The molecular weight excluding hydrogens is 412 g/mol. The molecule has 110 valence electrons. The Morgan fingerprint density at radius 3 is 2.55 bits per heavy atom. The maximum atomic E-state index is 12.2. The molecule has 1 amide bonds. The molecule has 1 fully saturated rings. The van der Waals surface area contributed by atoms with Crippen molar-refractivity contribution in [2.75, 3.05) is 6.54 Å². The van der Waals surface area contributed by atoms with Gasteiger partial charge in [-0.15, -0.1) is 0 Å². The predicted molar refractivity (Wildman–Crippen MR) is 82.9 cm³/mol. The maximum absolute atomic E-state index is 12.2. The summed E-state index contributed by atoms with van der Waals surface area (Å²) in [5.41, 5.74) is 0.919. The van der Waals surface area contributed by atoms with Crippen molar-refractivity contribution in [1.82, 2.24) is 10.0 Å². The molecule has 1 aliphatic rings. The summed E-state index contributed by atoms with van der Waals surface area (Å²) in [5, 5.41) is 2.73. The van der Waals surface area contributed by atoms with Crippen LogP contribution in [0.15, 0.2) is 26.0 Å². The number of nitrogens with one attached hydrogen (secondary N) is 2. The van der Waals surface area contributed by atoms with Gasteiger partial charge >= 0.3 is 0 Å². The van der Waals surface area contributed by atoms with Gasteiger partial charge in [0.25, 0.3) is 0 Å². The first-order valence-electron chi connectivity index (χ1n) is 6.04. The molecule has 1 aromatic carbocycles. The van der Waals surface area contributed by atoms with E-state index < -0.39 is 10.0 Å². The fraction of sp³-hybridized carbons (Fsp3) is 0.417. The standard InChI is InChI=1S/C12H14Br2N2O3S/c1-7-4-10(14)11(5-9(7)13)20(18,19)15-6-12(17)16-8-2-3-8/h4-5,8,15H,2-3,6H2,1H3,(H,16,17). The molecule has 0 aromatic heterocycles. The van der Waals surface area contributed by atoms with Crippen molar-refractivity contribution in [3.8, 4) is 0 Å². The number of benzene rings is 1. The van der Waals surface area contributed by atoms with Crippen LogP contribution in [0.4, 0.5) is 0 Å². The number of hydrogen-bond donors (Lipinski definition) is 2. The van der Waals surface area contributed by atoms with Crippen LogP contribution in [-0.2, 0) is 14.8 Å². The van der Waals surface area contributed by atoms with E-state index >= 15 is 0 Å². The lowest BCUT2D eigenvalue weighted by Gasteiger charge is -2.10. The van der Waals surface area contributed by atoms with Crippen LogP contribution < -0.4 is 10.0 Å². The second kappa shape index (κ2) is 6.13. The zero-order chi connectivity index (χ0) is 14.9. The normalized spacial score (nSPS) is 15.2. The highest BCUT2D eigenvalue weighted by Gasteiger charge is 2.25. The highest BCUT2D eigenvalue weighted by Crippen LogP contribution is 2.28. The molecule has 1 aliphatic carbocycles. The van der Waals surface area contributed by atoms with Gasteiger partial charge in [-0.05, 0) is 53.4 Å².